The summed E-state index contributed by atoms with van der Waals surface area (Å²) >= 11 is 4.40. The van der Waals surface area contributed by atoms with Crippen molar-refractivity contribution < 1.29 is 43.3 Å². The Morgan fingerprint density at radius 1 is 0.930 bits per heavy atom. The standard InChI is InChI=1S/C62H69FN12O8S3/c1-37-43-13-10-26-74(56(43)71-70-55(37)69-60-66-45-14-6-7-15-48(45)85-60)61-68-52(59(81)82)49(86-61)16-11-31-83-47-24-21-39(32-44(47)63)12-9-25-72-27-29-73(30-28-72)51(78)18-8-17-50(77)67-54(62(3,4)5)58(80)75-35-42(76)33-46(75)57(79)64-34-40-19-22-41(23-20-40)53-38(2)65-36-84-53/h6-7,14-15,19-24,32,36,42,46,54,76H,8,10-11,13,16-18,25-31,33-35H2,1-5H3,(H,64,79)(H,67,77)(H,81,82)(H,66,69,70)/t42?,46-,54+/m1/s1. The lowest BCUT2D eigenvalue weighted by molar-refractivity contribution is -0.144. The van der Waals surface area contributed by atoms with E-state index in [1.165, 1.54) is 39.7 Å². The average Bonchev–Trinajstić information content (AvgIpc) is 1.66. The fourth-order valence-electron chi connectivity index (χ4n) is 10.8. The van der Waals surface area contributed by atoms with Crippen molar-refractivity contribution in [2.45, 2.75) is 111 Å². The molecule has 5 N–H and O–H groups in total. The molecule has 0 spiro atoms. The molecule has 20 nitrogen and oxygen atoms in total. The van der Waals surface area contributed by atoms with Gasteiger partial charge in [0.15, 0.2) is 39.2 Å². The zero-order valence-electron chi connectivity index (χ0n) is 48.7. The number of thiazole rings is 3. The van der Waals surface area contributed by atoms with Gasteiger partial charge in [-0.15, -0.1) is 32.9 Å². The number of aliphatic hydroxyl groups excluding tert-OH is 1. The summed E-state index contributed by atoms with van der Waals surface area (Å²) in [5.74, 6) is 4.47. The van der Waals surface area contributed by atoms with E-state index in [2.05, 4.69) is 57.8 Å². The van der Waals surface area contributed by atoms with E-state index < -0.39 is 41.3 Å². The van der Waals surface area contributed by atoms with Gasteiger partial charge >= 0.3 is 5.97 Å². The number of piperazine rings is 1. The average molecular weight is 1230 g/mol. The van der Waals surface area contributed by atoms with Gasteiger partial charge in [0.2, 0.25) is 23.6 Å². The van der Waals surface area contributed by atoms with E-state index in [0.717, 1.165) is 61.0 Å². The fourth-order valence-corrected chi connectivity index (χ4v) is 13.6. The number of aromatic carboxylic acids is 1. The molecule has 7 aromatic rings. The lowest BCUT2D eigenvalue weighted by Gasteiger charge is -2.35. The first-order chi connectivity index (χ1) is 41.4. The predicted molar refractivity (Wildman–Crippen MR) is 330 cm³/mol. The molecular formula is C62H69FN12O8S3. The van der Waals surface area contributed by atoms with Crippen molar-refractivity contribution in [3.8, 4) is 28.0 Å². The number of carboxylic acids is 1. The predicted octanol–water partition coefficient (Wildman–Crippen LogP) is 8.44. The molecule has 1 unspecified atom stereocenters. The van der Waals surface area contributed by atoms with Crippen molar-refractivity contribution in [2.24, 2.45) is 5.41 Å². The molecule has 2 fully saturated rings. The number of rotatable bonds is 20. The molecule has 4 aromatic heterocycles. The second kappa shape index (κ2) is 27.2. The molecule has 0 aliphatic carbocycles. The molecule has 10 rings (SSSR count). The first kappa shape index (κ1) is 61.1. The van der Waals surface area contributed by atoms with Crippen molar-refractivity contribution in [1.82, 2.24) is 50.5 Å². The molecule has 0 bridgehead atoms. The SMILES string of the molecule is Cc1ncsc1-c1ccc(CNC(=O)[C@H]2CC(O)CN2C(=O)[C@H](NC(=O)CCCC(=O)N2CCN(CC#Cc3ccc(OCCCc4sc(N5CCCc6c5nnc(Nc5nc7ccccc7s5)c6C)nc4C(=O)O)c(F)c3)CC2)C(C)(C)C)cc1. The van der Waals surface area contributed by atoms with E-state index in [9.17, 15) is 34.2 Å². The molecule has 0 saturated carbocycles. The second-order valence-corrected chi connectivity index (χ2v) is 25.7. The molecule has 7 heterocycles. The van der Waals surface area contributed by atoms with E-state index in [1.807, 2.05) is 88.0 Å². The number of hydrogen-bond acceptors (Lipinski definition) is 18. The van der Waals surface area contributed by atoms with E-state index in [-0.39, 0.29) is 74.5 Å². The maximum absolute atomic E-state index is 15.3. The van der Waals surface area contributed by atoms with Crippen LogP contribution in [-0.4, -0.2) is 150 Å². The van der Waals surface area contributed by atoms with Gasteiger partial charge in [-0.05, 0) is 92.8 Å². The summed E-state index contributed by atoms with van der Waals surface area (Å²) in [6.07, 6.45) is 2.01. The zero-order valence-corrected chi connectivity index (χ0v) is 51.1. The first-order valence-corrected chi connectivity index (χ1v) is 31.3. The van der Waals surface area contributed by atoms with E-state index in [0.29, 0.717) is 79.3 Å². The number of para-hydroxylation sites is 1. The monoisotopic (exact) mass is 1220 g/mol. The lowest BCUT2D eigenvalue weighted by Crippen LogP contribution is -2.57. The number of carbonyl (C=O) groups excluding carboxylic acids is 4. The van der Waals surface area contributed by atoms with Gasteiger partial charge < -0.3 is 45.6 Å². The molecule has 86 heavy (non-hydrogen) atoms. The number of ether oxygens (including phenoxy) is 1. The summed E-state index contributed by atoms with van der Waals surface area (Å²) in [4.78, 5) is 89.0. The quantitative estimate of drug-likeness (QED) is 0.0355. The van der Waals surface area contributed by atoms with Gasteiger partial charge in [0, 0.05) is 86.6 Å². The molecule has 2 saturated heterocycles. The number of carbonyl (C=O) groups is 5. The Balaban J connectivity index is 0.633. The Morgan fingerprint density at radius 2 is 1.72 bits per heavy atom. The Morgan fingerprint density at radius 3 is 2.45 bits per heavy atom. The lowest BCUT2D eigenvalue weighted by atomic mass is 9.85. The Bertz CT molecular complexity index is 3660. The molecule has 3 atom stereocenters. The number of halogens is 1. The molecule has 3 aromatic carbocycles. The van der Waals surface area contributed by atoms with E-state index in [1.54, 1.807) is 27.8 Å². The molecule has 450 valence electrons. The number of carboxylic acid groups (broad SMARTS) is 1. The van der Waals surface area contributed by atoms with Crippen molar-refractivity contribution in [3.05, 3.63) is 117 Å². The van der Waals surface area contributed by atoms with Crippen LogP contribution in [0.25, 0.3) is 20.7 Å². The zero-order chi connectivity index (χ0) is 60.6. The maximum atomic E-state index is 15.3. The normalized spacial score (nSPS) is 16.5. The van der Waals surface area contributed by atoms with Crippen LogP contribution in [0.5, 0.6) is 5.75 Å². The van der Waals surface area contributed by atoms with Gasteiger partial charge in [-0.25, -0.2) is 24.1 Å². The van der Waals surface area contributed by atoms with E-state index >= 15 is 4.39 Å². The Hall–Kier alpha value is -7.95. The number of benzene rings is 3. The summed E-state index contributed by atoms with van der Waals surface area (Å²) in [5.41, 5.74) is 7.25. The Kier molecular flexibility index (Phi) is 19.3. The van der Waals surface area contributed by atoms with Crippen LogP contribution in [-0.2, 0) is 38.6 Å². The molecular weight excluding hydrogens is 1160 g/mol. The first-order valence-electron chi connectivity index (χ1n) is 28.8. The number of likely N-dealkylation sites (tertiary alicyclic amines) is 1. The van der Waals surface area contributed by atoms with Crippen LogP contribution in [0.2, 0.25) is 0 Å². The van der Waals surface area contributed by atoms with Crippen LogP contribution in [0.1, 0.15) is 103 Å². The van der Waals surface area contributed by atoms with Gasteiger partial charge in [0.1, 0.15) is 12.1 Å². The highest BCUT2D eigenvalue weighted by molar-refractivity contribution is 7.22. The smallest absolute Gasteiger partial charge is 0.355 e. The highest BCUT2D eigenvalue weighted by atomic mass is 32.1. The van der Waals surface area contributed by atoms with Crippen LogP contribution in [0, 0.1) is 36.9 Å². The molecule has 3 aliphatic heterocycles. The number of aliphatic hydroxyl groups is 1. The van der Waals surface area contributed by atoms with Gasteiger partial charge in [0.05, 0.1) is 45.6 Å². The van der Waals surface area contributed by atoms with Crippen LogP contribution in [0.3, 0.4) is 0 Å². The minimum absolute atomic E-state index is 0.0210. The van der Waals surface area contributed by atoms with Crippen molar-refractivity contribution in [2.75, 3.05) is 62.6 Å². The third-order valence-electron chi connectivity index (χ3n) is 15.5. The molecule has 0 radical (unpaired) electrons. The number of amides is 4. The topological polar surface area (TPSA) is 249 Å². The molecule has 24 heteroatoms. The van der Waals surface area contributed by atoms with Crippen LogP contribution in [0.15, 0.2) is 72.2 Å². The molecule has 4 amide bonds. The minimum Gasteiger partial charge on any atom is -0.491 e. The summed E-state index contributed by atoms with van der Waals surface area (Å²) in [7, 11) is 0. The second-order valence-electron chi connectivity index (χ2n) is 22.8. The highest BCUT2D eigenvalue weighted by Gasteiger charge is 2.44. The number of aryl methyl sites for hydroxylation is 2. The number of anilines is 4. The van der Waals surface area contributed by atoms with Gasteiger partial charge in [-0.2, -0.15) is 0 Å². The maximum Gasteiger partial charge on any atom is 0.355 e. The Labute approximate surface area is 510 Å². The minimum atomic E-state index is -1.13. The highest BCUT2D eigenvalue weighted by Crippen LogP contribution is 2.40. The number of fused-ring (bicyclic) bond motifs is 2. The largest absolute Gasteiger partial charge is 0.491 e. The van der Waals surface area contributed by atoms with Crippen LogP contribution in [0.4, 0.5) is 26.3 Å². The fraction of sp³-hybridized carbons (Fsp3) is 0.419. The summed E-state index contributed by atoms with van der Waals surface area (Å²) < 4.78 is 22.2. The van der Waals surface area contributed by atoms with Crippen LogP contribution < -0.4 is 25.6 Å². The van der Waals surface area contributed by atoms with Gasteiger partial charge in [-0.3, -0.25) is 24.1 Å². The van der Waals surface area contributed by atoms with Crippen molar-refractivity contribution >= 4 is 95.7 Å². The van der Waals surface area contributed by atoms with Crippen molar-refractivity contribution in [1.29, 1.82) is 0 Å². The van der Waals surface area contributed by atoms with Gasteiger partial charge in [-0.1, -0.05) is 80.3 Å². The number of β-amino-alcohol motifs (C(OH)–C–C–N with tert-alkyl or cyclic N) is 1. The summed E-state index contributed by atoms with van der Waals surface area (Å²) in [6, 6.07) is 18.4. The number of nitrogens with zero attached hydrogens (tertiary/aromatic N) is 9. The number of aromatic nitrogens is 5. The van der Waals surface area contributed by atoms with Crippen molar-refractivity contribution in [3.63, 3.8) is 0 Å². The third kappa shape index (κ3) is 14.6. The summed E-state index contributed by atoms with van der Waals surface area (Å²) in [5, 5.41) is 40.3. The van der Waals surface area contributed by atoms with E-state index in [4.69, 9.17) is 4.74 Å². The van der Waals surface area contributed by atoms with Gasteiger partial charge in [0.25, 0.3) is 0 Å². The third-order valence-corrected chi connectivity index (χ3v) is 18.6. The summed E-state index contributed by atoms with van der Waals surface area (Å²) in [6.45, 7) is 13.0. The molecule has 3 aliphatic rings. The van der Waals surface area contributed by atoms with Crippen LogP contribution >= 0.6 is 34.0 Å². The number of hydrogen-bond donors (Lipinski definition) is 5. The number of nitrogens with one attached hydrogen (secondary N) is 3.